The van der Waals surface area contributed by atoms with Crippen molar-refractivity contribution in [3.63, 3.8) is 0 Å². The zero-order valence-corrected chi connectivity index (χ0v) is 7.10. The number of nitrogens with zero attached hydrogens (tertiary/aromatic N) is 2. The minimum Gasteiger partial charge on any atom is -0.182 e. The van der Waals surface area contributed by atoms with Crippen molar-refractivity contribution in [1.82, 2.24) is 0 Å². The standard InChI is InChI=1S/C8H14N2/c1-5-7(10-6-9)8(2,3)4/h5H2,1-4H3/b10-7+. The highest BCUT2D eigenvalue weighted by atomic mass is 14.7. The second-order valence-corrected chi connectivity index (χ2v) is 3.26. The fourth-order valence-corrected chi connectivity index (χ4v) is 0.837. The van der Waals surface area contributed by atoms with Gasteiger partial charge in [-0.1, -0.05) is 27.7 Å². The quantitative estimate of drug-likeness (QED) is 0.404. The SMILES string of the molecule is CC/C(=N\C#N)C(C)(C)C. The van der Waals surface area contributed by atoms with E-state index in [9.17, 15) is 0 Å². The van der Waals surface area contributed by atoms with Gasteiger partial charge in [0.1, 0.15) is 0 Å². The van der Waals surface area contributed by atoms with E-state index in [0.717, 1.165) is 12.1 Å². The number of nitriles is 1. The van der Waals surface area contributed by atoms with Crippen molar-refractivity contribution in [2.45, 2.75) is 34.1 Å². The van der Waals surface area contributed by atoms with E-state index in [-0.39, 0.29) is 5.41 Å². The first-order valence-electron chi connectivity index (χ1n) is 3.48. The van der Waals surface area contributed by atoms with Crippen LogP contribution in [-0.2, 0) is 0 Å². The molecule has 0 fully saturated rings. The van der Waals surface area contributed by atoms with E-state index in [0.29, 0.717) is 0 Å². The van der Waals surface area contributed by atoms with Crippen molar-refractivity contribution in [2.24, 2.45) is 10.4 Å². The lowest BCUT2D eigenvalue weighted by molar-refractivity contribution is 0.580. The van der Waals surface area contributed by atoms with Gasteiger partial charge in [-0.15, -0.1) is 0 Å². The summed E-state index contributed by atoms with van der Waals surface area (Å²) in [6.45, 7) is 8.20. The van der Waals surface area contributed by atoms with E-state index in [4.69, 9.17) is 5.26 Å². The molecule has 0 amide bonds. The minimum atomic E-state index is 0.0461. The molecule has 0 saturated heterocycles. The van der Waals surface area contributed by atoms with Gasteiger partial charge in [0.05, 0.1) is 0 Å². The molecule has 0 aromatic carbocycles. The Hall–Kier alpha value is -0.840. The molecular formula is C8H14N2. The highest BCUT2D eigenvalue weighted by Gasteiger charge is 2.16. The van der Waals surface area contributed by atoms with Crippen LogP contribution in [0.2, 0.25) is 0 Å². The smallest absolute Gasteiger partial charge is 0.182 e. The monoisotopic (exact) mass is 138 g/mol. The Labute approximate surface area is 62.6 Å². The summed E-state index contributed by atoms with van der Waals surface area (Å²) < 4.78 is 0. The Balaban J connectivity index is 4.41. The predicted molar refractivity (Wildman–Crippen MR) is 42.8 cm³/mol. The van der Waals surface area contributed by atoms with Crippen LogP contribution in [0.1, 0.15) is 34.1 Å². The van der Waals surface area contributed by atoms with Gasteiger partial charge in [-0.25, -0.2) is 0 Å². The molecule has 56 valence electrons. The molecule has 0 aromatic heterocycles. The highest BCUT2D eigenvalue weighted by molar-refractivity contribution is 5.89. The van der Waals surface area contributed by atoms with E-state index < -0.39 is 0 Å². The van der Waals surface area contributed by atoms with Gasteiger partial charge in [-0.3, -0.25) is 0 Å². The first kappa shape index (κ1) is 9.16. The first-order valence-corrected chi connectivity index (χ1v) is 3.48. The maximum Gasteiger partial charge on any atom is 0.205 e. The summed E-state index contributed by atoms with van der Waals surface area (Å²) in [6, 6.07) is 0. The van der Waals surface area contributed by atoms with E-state index in [1.54, 1.807) is 0 Å². The van der Waals surface area contributed by atoms with Gasteiger partial charge in [-0.2, -0.15) is 10.3 Å². The second kappa shape index (κ2) is 3.36. The first-order chi connectivity index (χ1) is 4.52. The molecule has 0 unspecified atom stereocenters. The molecule has 0 aliphatic heterocycles. The van der Waals surface area contributed by atoms with Crippen LogP contribution in [0.15, 0.2) is 4.99 Å². The highest BCUT2D eigenvalue weighted by Crippen LogP contribution is 2.17. The third kappa shape index (κ3) is 2.63. The van der Waals surface area contributed by atoms with Crippen LogP contribution in [0.25, 0.3) is 0 Å². The van der Waals surface area contributed by atoms with Crippen molar-refractivity contribution < 1.29 is 0 Å². The van der Waals surface area contributed by atoms with Crippen molar-refractivity contribution >= 4 is 5.71 Å². The molecule has 2 nitrogen and oxygen atoms in total. The van der Waals surface area contributed by atoms with Gasteiger partial charge in [0.25, 0.3) is 0 Å². The zero-order chi connectivity index (χ0) is 8.20. The number of aliphatic imine (C=N–C) groups is 1. The Morgan fingerprint density at radius 3 is 2.10 bits per heavy atom. The summed E-state index contributed by atoms with van der Waals surface area (Å²) >= 11 is 0. The van der Waals surface area contributed by atoms with Gasteiger partial charge >= 0.3 is 0 Å². The molecule has 0 aliphatic carbocycles. The van der Waals surface area contributed by atoms with Gasteiger partial charge < -0.3 is 0 Å². The summed E-state index contributed by atoms with van der Waals surface area (Å²) in [5.41, 5.74) is 1.01. The Morgan fingerprint density at radius 2 is 2.00 bits per heavy atom. The zero-order valence-electron chi connectivity index (χ0n) is 7.10. The average molecular weight is 138 g/mol. The molecule has 0 rings (SSSR count). The third-order valence-electron chi connectivity index (χ3n) is 1.39. The summed E-state index contributed by atoms with van der Waals surface area (Å²) in [7, 11) is 0. The van der Waals surface area contributed by atoms with Crippen molar-refractivity contribution in [3.8, 4) is 6.19 Å². The molecule has 0 aliphatic rings. The average Bonchev–Trinajstić information content (AvgIpc) is 1.80. The maximum absolute atomic E-state index is 8.29. The molecule has 0 N–H and O–H groups in total. The largest absolute Gasteiger partial charge is 0.205 e. The normalized spacial score (nSPS) is 12.9. The lowest BCUT2D eigenvalue weighted by Crippen LogP contribution is -2.18. The van der Waals surface area contributed by atoms with E-state index >= 15 is 0 Å². The minimum absolute atomic E-state index is 0.0461. The van der Waals surface area contributed by atoms with Crippen molar-refractivity contribution in [3.05, 3.63) is 0 Å². The van der Waals surface area contributed by atoms with Gasteiger partial charge in [0.15, 0.2) is 0 Å². The summed E-state index contributed by atoms with van der Waals surface area (Å²) in [4.78, 5) is 3.74. The van der Waals surface area contributed by atoms with Crippen LogP contribution in [0.5, 0.6) is 0 Å². The third-order valence-corrected chi connectivity index (χ3v) is 1.39. The summed E-state index contributed by atoms with van der Waals surface area (Å²) in [6.07, 6.45) is 2.67. The summed E-state index contributed by atoms with van der Waals surface area (Å²) in [5.74, 6) is 0. The molecule has 10 heavy (non-hydrogen) atoms. The van der Waals surface area contributed by atoms with Crippen molar-refractivity contribution in [1.29, 1.82) is 5.26 Å². The van der Waals surface area contributed by atoms with Crippen LogP contribution in [0.4, 0.5) is 0 Å². The van der Waals surface area contributed by atoms with Crippen LogP contribution >= 0.6 is 0 Å². The molecular weight excluding hydrogens is 124 g/mol. The lowest BCUT2D eigenvalue weighted by Gasteiger charge is -2.18. The van der Waals surface area contributed by atoms with E-state index in [2.05, 4.69) is 25.8 Å². The fourth-order valence-electron chi connectivity index (χ4n) is 0.837. The molecule has 0 bridgehead atoms. The number of hydrogen-bond donors (Lipinski definition) is 0. The van der Waals surface area contributed by atoms with Crippen molar-refractivity contribution in [2.75, 3.05) is 0 Å². The lowest BCUT2D eigenvalue weighted by atomic mass is 9.88. The van der Waals surface area contributed by atoms with E-state index in [1.165, 1.54) is 0 Å². The van der Waals surface area contributed by atoms with Gasteiger partial charge in [0.2, 0.25) is 6.19 Å². The van der Waals surface area contributed by atoms with Gasteiger partial charge in [0, 0.05) is 11.1 Å². The van der Waals surface area contributed by atoms with E-state index in [1.807, 2.05) is 13.1 Å². The summed E-state index contributed by atoms with van der Waals surface area (Å²) in [5, 5.41) is 8.29. The molecule has 0 saturated carbocycles. The van der Waals surface area contributed by atoms with Crippen LogP contribution in [0, 0.1) is 16.9 Å². The molecule has 0 spiro atoms. The number of rotatable bonds is 1. The second-order valence-electron chi connectivity index (χ2n) is 3.26. The molecule has 0 atom stereocenters. The Morgan fingerprint density at radius 1 is 1.50 bits per heavy atom. The fraction of sp³-hybridized carbons (Fsp3) is 0.750. The molecule has 0 aromatic rings. The topological polar surface area (TPSA) is 36.1 Å². The van der Waals surface area contributed by atoms with Crippen LogP contribution < -0.4 is 0 Å². The molecule has 0 radical (unpaired) electrons. The Bertz CT molecular complexity index is 167. The van der Waals surface area contributed by atoms with Crippen LogP contribution in [-0.4, -0.2) is 5.71 Å². The predicted octanol–water partition coefficient (Wildman–Crippen LogP) is 2.36. The van der Waals surface area contributed by atoms with Gasteiger partial charge in [-0.05, 0) is 6.42 Å². The van der Waals surface area contributed by atoms with Crippen LogP contribution in [0.3, 0.4) is 0 Å². The molecule has 0 heterocycles. The molecule has 2 heteroatoms. The number of hydrogen-bond acceptors (Lipinski definition) is 2. The maximum atomic E-state index is 8.29. The Kier molecular flexibility index (Phi) is 3.08.